The Bertz CT molecular complexity index is 1300. The number of fused-ring (bicyclic) bond motifs is 1. The molecule has 1 N–H and O–H groups in total. The molecule has 1 aromatic carbocycles. The molecule has 0 fully saturated rings. The number of thioether (sulfide) groups is 1. The molecule has 10 nitrogen and oxygen atoms in total. The monoisotopic (exact) mass is 457 g/mol. The van der Waals surface area contributed by atoms with E-state index >= 15 is 0 Å². The van der Waals surface area contributed by atoms with Crippen LogP contribution in [-0.4, -0.2) is 43.8 Å². The van der Waals surface area contributed by atoms with E-state index in [-0.39, 0.29) is 22.7 Å². The quantitative estimate of drug-likeness (QED) is 0.321. The highest BCUT2D eigenvalue weighted by molar-refractivity contribution is 8.00. The first-order chi connectivity index (χ1) is 15.3. The van der Waals surface area contributed by atoms with E-state index in [9.17, 15) is 19.2 Å². The number of hydrogen-bond donors (Lipinski definition) is 1. The average Bonchev–Trinajstić information content (AvgIpc) is 2.79. The van der Waals surface area contributed by atoms with Crippen LogP contribution in [0.15, 0.2) is 38.9 Å². The van der Waals surface area contributed by atoms with Gasteiger partial charge in [0, 0.05) is 26.2 Å². The van der Waals surface area contributed by atoms with Gasteiger partial charge >= 0.3 is 11.7 Å². The molecule has 0 bridgehead atoms. The van der Waals surface area contributed by atoms with Crippen LogP contribution in [-0.2, 0) is 30.0 Å². The van der Waals surface area contributed by atoms with Crippen LogP contribution in [0.4, 0.5) is 5.69 Å². The van der Waals surface area contributed by atoms with Gasteiger partial charge in [0.15, 0.2) is 5.65 Å². The first-order valence-electron chi connectivity index (χ1n) is 9.84. The topological polar surface area (TPSA) is 125 Å². The molecule has 168 valence electrons. The van der Waals surface area contributed by atoms with Crippen molar-refractivity contribution in [3.8, 4) is 0 Å². The van der Waals surface area contributed by atoms with Gasteiger partial charge in [0.1, 0.15) is 16.2 Å². The van der Waals surface area contributed by atoms with E-state index < -0.39 is 17.2 Å². The van der Waals surface area contributed by atoms with E-state index in [1.807, 2.05) is 6.92 Å². The number of methoxy groups -OCH3 is 1. The van der Waals surface area contributed by atoms with Crippen molar-refractivity contribution in [3.63, 3.8) is 0 Å². The number of amides is 1. The van der Waals surface area contributed by atoms with Crippen LogP contribution in [0.5, 0.6) is 0 Å². The molecule has 11 heteroatoms. The fraction of sp³-hybridized carbons (Fsp3) is 0.333. The molecule has 0 spiro atoms. The van der Waals surface area contributed by atoms with E-state index in [1.165, 1.54) is 18.7 Å². The van der Waals surface area contributed by atoms with Crippen LogP contribution in [0, 0.1) is 0 Å². The van der Waals surface area contributed by atoms with Gasteiger partial charge in [0.05, 0.1) is 18.4 Å². The molecule has 0 unspecified atom stereocenters. The number of ether oxygens (including phenoxy) is 1. The third kappa shape index (κ3) is 4.72. The van der Waals surface area contributed by atoms with Gasteiger partial charge in [-0.05, 0) is 30.7 Å². The highest BCUT2D eigenvalue weighted by atomic mass is 32.2. The summed E-state index contributed by atoms with van der Waals surface area (Å²) in [6.45, 7) is 1.97. The molecule has 3 aromatic rings. The lowest BCUT2D eigenvalue weighted by molar-refractivity contribution is -0.113. The molecule has 0 aliphatic carbocycles. The third-order valence-electron chi connectivity index (χ3n) is 4.72. The molecule has 3 rings (SSSR count). The lowest BCUT2D eigenvalue weighted by Gasteiger charge is -2.12. The summed E-state index contributed by atoms with van der Waals surface area (Å²) in [7, 11) is 4.23. The Kier molecular flexibility index (Phi) is 7.08. The number of carbonyl (C=O) groups excluding carboxylic acids is 2. The van der Waals surface area contributed by atoms with Crippen LogP contribution in [0.1, 0.15) is 29.5 Å². The van der Waals surface area contributed by atoms with E-state index in [2.05, 4.69) is 20.0 Å². The Morgan fingerprint density at radius 2 is 1.78 bits per heavy atom. The molecule has 0 saturated carbocycles. The fourth-order valence-corrected chi connectivity index (χ4v) is 3.88. The van der Waals surface area contributed by atoms with Crippen LogP contribution in [0.25, 0.3) is 11.0 Å². The number of anilines is 1. The standard InChI is InChI=1S/C21H23N5O5S/c1-5-6-14-23-17-16(19(28)26(3)21(30)25(17)2)18(24-14)32-11-15(27)22-13-9-7-12(8-10-13)20(29)31-4/h7-10H,5-6,11H2,1-4H3,(H,22,27). The number of aromatic nitrogens is 4. The van der Waals surface area contributed by atoms with Gasteiger partial charge < -0.3 is 10.1 Å². The minimum absolute atomic E-state index is 0.0115. The maximum Gasteiger partial charge on any atom is 0.337 e. The van der Waals surface area contributed by atoms with Crippen molar-refractivity contribution in [1.29, 1.82) is 0 Å². The summed E-state index contributed by atoms with van der Waals surface area (Å²) in [5.41, 5.74) is 0.149. The van der Waals surface area contributed by atoms with Crippen molar-refractivity contribution < 1.29 is 14.3 Å². The van der Waals surface area contributed by atoms with Gasteiger partial charge in [-0.3, -0.25) is 18.7 Å². The summed E-state index contributed by atoms with van der Waals surface area (Å²) in [5.74, 6) is -0.286. The predicted molar refractivity (Wildman–Crippen MR) is 121 cm³/mol. The number of aryl methyl sites for hydroxylation is 2. The lowest BCUT2D eigenvalue weighted by atomic mass is 10.2. The molecule has 0 saturated heterocycles. The molecule has 0 atom stereocenters. The zero-order chi connectivity index (χ0) is 23.4. The largest absolute Gasteiger partial charge is 0.465 e. The smallest absolute Gasteiger partial charge is 0.337 e. The Hall–Kier alpha value is -3.47. The van der Waals surface area contributed by atoms with Crippen molar-refractivity contribution >= 4 is 40.4 Å². The number of hydrogen-bond acceptors (Lipinski definition) is 8. The second kappa shape index (κ2) is 9.77. The number of nitrogens with one attached hydrogen (secondary N) is 1. The van der Waals surface area contributed by atoms with E-state index in [0.717, 1.165) is 22.7 Å². The van der Waals surface area contributed by atoms with Gasteiger partial charge in [0.25, 0.3) is 5.56 Å². The molecule has 2 heterocycles. The predicted octanol–water partition coefficient (Wildman–Crippen LogP) is 1.50. The van der Waals surface area contributed by atoms with Crippen molar-refractivity contribution in [1.82, 2.24) is 19.1 Å². The molecular weight excluding hydrogens is 434 g/mol. The second-order valence-electron chi connectivity index (χ2n) is 7.01. The highest BCUT2D eigenvalue weighted by Gasteiger charge is 2.18. The number of carbonyl (C=O) groups is 2. The van der Waals surface area contributed by atoms with E-state index in [0.29, 0.717) is 28.5 Å². The van der Waals surface area contributed by atoms with Crippen molar-refractivity contribution in [2.75, 3.05) is 18.2 Å². The average molecular weight is 458 g/mol. The fourth-order valence-electron chi connectivity index (χ4n) is 3.05. The number of benzene rings is 1. The van der Waals surface area contributed by atoms with Gasteiger partial charge in [-0.25, -0.2) is 19.6 Å². The molecule has 0 radical (unpaired) electrons. The summed E-state index contributed by atoms with van der Waals surface area (Å²) < 4.78 is 6.96. The summed E-state index contributed by atoms with van der Waals surface area (Å²) in [5, 5.41) is 3.29. The summed E-state index contributed by atoms with van der Waals surface area (Å²) in [6.07, 6.45) is 1.36. The molecule has 32 heavy (non-hydrogen) atoms. The van der Waals surface area contributed by atoms with Crippen LogP contribution < -0.4 is 16.6 Å². The Morgan fingerprint density at radius 3 is 2.41 bits per heavy atom. The first-order valence-corrected chi connectivity index (χ1v) is 10.8. The van der Waals surface area contributed by atoms with Gasteiger partial charge in [0.2, 0.25) is 5.91 Å². The molecule has 0 aliphatic heterocycles. The van der Waals surface area contributed by atoms with Gasteiger partial charge in [-0.2, -0.15) is 0 Å². The maximum atomic E-state index is 12.8. The van der Waals surface area contributed by atoms with Crippen LogP contribution in [0.3, 0.4) is 0 Å². The SMILES string of the molecule is CCCc1nc(SCC(=O)Nc2ccc(C(=O)OC)cc2)c2c(=O)n(C)c(=O)n(C)c2n1. The van der Waals surface area contributed by atoms with Crippen LogP contribution >= 0.6 is 11.8 Å². The summed E-state index contributed by atoms with van der Waals surface area (Å²) >= 11 is 1.10. The Labute approximate surface area is 187 Å². The molecule has 1 amide bonds. The number of rotatable bonds is 7. The van der Waals surface area contributed by atoms with Crippen LogP contribution in [0.2, 0.25) is 0 Å². The van der Waals surface area contributed by atoms with Crippen molar-refractivity contribution in [2.24, 2.45) is 14.1 Å². The highest BCUT2D eigenvalue weighted by Crippen LogP contribution is 2.23. The number of esters is 1. The zero-order valence-corrected chi connectivity index (χ0v) is 19.0. The Morgan fingerprint density at radius 1 is 1.09 bits per heavy atom. The van der Waals surface area contributed by atoms with Crippen molar-refractivity contribution in [2.45, 2.75) is 24.8 Å². The summed E-state index contributed by atoms with van der Waals surface area (Å²) in [6, 6.07) is 6.29. The molecule has 0 aliphatic rings. The minimum Gasteiger partial charge on any atom is -0.465 e. The summed E-state index contributed by atoms with van der Waals surface area (Å²) in [4.78, 5) is 57.9. The van der Waals surface area contributed by atoms with E-state index in [1.54, 1.807) is 31.3 Å². The molecule has 2 aromatic heterocycles. The van der Waals surface area contributed by atoms with Crippen molar-refractivity contribution in [3.05, 3.63) is 56.5 Å². The van der Waals surface area contributed by atoms with E-state index in [4.69, 9.17) is 0 Å². The Balaban J connectivity index is 1.86. The second-order valence-corrected chi connectivity index (χ2v) is 7.97. The molecular formula is C21H23N5O5S. The first kappa shape index (κ1) is 23.2. The lowest BCUT2D eigenvalue weighted by Crippen LogP contribution is -2.38. The van der Waals surface area contributed by atoms with Gasteiger partial charge in [-0.1, -0.05) is 18.7 Å². The number of nitrogens with zero attached hydrogens (tertiary/aromatic N) is 4. The minimum atomic E-state index is -0.507. The third-order valence-corrected chi connectivity index (χ3v) is 5.69. The van der Waals surface area contributed by atoms with Gasteiger partial charge in [-0.15, -0.1) is 0 Å². The maximum absolute atomic E-state index is 12.8. The zero-order valence-electron chi connectivity index (χ0n) is 18.2. The normalized spacial score (nSPS) is 10.9.